The molecule has 7 nitrogen and oxygen atoms in total. The third-order valence-electron chi connectivity index (χ3n) is 10.3. The second kappa shape index (κ2) is 11.2. The zero-order valence-corrected chi connectivity index (χ0v) is 27.8. The van der Waals surface area contributed by atoms with Crippen LogP contribution >= 0.6 is 12.2 Å². The number of benzene rings is 7. The Hall–Kier alpha value is -6.08. The number of amides is 4. The van der Waals surface area contributed by atoms with E-state index in [0.29, 0.717) is 56.9 Å². The van der Waals surface area contributed by atoms with Crippen molar-refractivity contribution < 1.29 is 19.2 Å². The number of nitrogens with zero attached hydrogens (tertiary/aromatic N) is 3. The first kappa shape index (κ1) is 30.0. The monoisotopic (exact) mass is 669 g/mol. The number of fused-ring (bicyclic) bond motifs is 2. The van der Waals surface area contributed by atoms with Gasteiger partial charge >= 0.3 is 0 Å². The van der Waals surface area contributed by atoms with Crippen LogP contribution in [0.4, 0.5) is 5.69 Å². The van der Waals surface area contributed by atoms with E-state index in [1.807, 2.05) is 85.8 Å². The molecule has 2 aliphatic heterocycles. The minimum atomic E-state index is -0.387. The summed E-state index contributed by atoms with van der Waals surface area (Å²) in [6.45, 7) is 2.45. The van der Waals surface area contributed by atoms with E-state index in [-0.39, 0.29) is 36.7 Å². The molecule has 0 radical (unpaired) electrons. The molecule has 9 rings (SSSR count). The van der Waals surface area contributed by atoms with Gasteiger partial charge in [-0.15, -0.1) is 0 Å². The lowest BCUT2D eigenvalue weighted by Crippen LogP contribution is -2.41. The summed E-state index contributed by atoms with van der Waals surface area (Å²) in [5.74, 6) is -1.39. The topological polar surface area (TPSA) is 87.1 Å². The molecule has 0 saturated carbocycles. The highest BCUT2D eigenvalue weighted by atomic mass is 32.1. The third kappa shape index (κ3) is 4.22. The summed E-state index contributed by atoms with van der Waals surface area (Å²) in [7, 11) is 0. The normalized spacial score (nSPS) is 14.1. The summed E-state index contributed by atoms with van der Waals surface area (Å²) < 4.78 is 0. The van der Waals surface area contributed by atoms with Crippen LogP contribution in [0.5, 0.6) is 0 Å². The van der Waals surface area contributed by atoms with Crippen LogP contribution < -0.4 is 0 Å². The van der Waals surface area contributed by atoms with Gasteiger partial charge in [0.2, 0.25) is 0 Å². The summed E-state index contributed by atoms with van der Waals surface area (Å²) >= 11 is 5.09. The van der Waals surface area contributed by atoms with E-state index in [1.165, 1.54) is 9.80 Å². The van der Waals surface area contributed by atoms with Crippen LogP contribution in [-0.2, 0) is 12.8 Å². The summed E-state index contributed by atoms with van der Waals surface area (Å²) in [4.78, 5) is 63.4. The van der Waals surface area contributed by atoms with E-state index in [4.69, 9.17) is 12.2 Å². The molecule has 0 aliphatic carbocycles. The number of rotatable bonds is 7. The van der Waals surface area contributed by atoms with Crippen LogP contribution in [0.25, 0.3) is 43.1 Å². The van der Waals surface area contributed by atoms with Crippen molar-refractivity contribution in [2.75, 3.05) is 13.1 Å². The number of hydrogen-bond acceptors (Lipinski definition) is 6. The number of isothiocyanates is 1. The molecule has 0 saturated heterocycles. The van der Waals surface area contributed by atoms with Gasteiger partial charge in [-0.05, 0) is 94.5 Å². The molecule has 0 bridgehead atoms. The van der Waals surface area contributed by atoms with E-state index in [1.54, 1.807) is 18.2 Å². The second-order valence-corrected chi connectivity index (χ2v) is 13.1. The quantitative estimate of drug-likeness (QED) is 0.0559. The maximum Gasteiger partial charge on any atom is 0.261 e. The molecule has 7 aromatic rings. The van der Waals surface area contributed by atoms with Gasteiger partial charge in [0.15, 0.2) is 0 Å². The molecule has 2 aliphatic rings. The molecular weight excluding hydrogens is 643 g/mol. The molecule has 0 aromatic heterocycles. The van der Waals surface area contributed by atoms with Crippen molar-refractivity contribution in [3.8, 4) is 0 Å². The van der Waals surface area contributed by atoms with Gasteiger partial charge in [-0.3, -0.25) is 29.0 Å². The van der Waals surface area contributed by atoms with E-state index < -0.39 is 0 Å². The molecule has 0 spiro atoms. The van der Waals surface area contributed by atoms with Gasteiger partial charge in [0.1, 0.15) is 0 Å². The lowest BCUT2D eigenvalue weighted by Gasteiger charge is -2.31. The zero-order chi connectivity index (χ0) is 34.3. The lowest BCUT2D eigenvalue weighted by atomic mass is 9.80. The first-order valence-electron chi connectivity index (χ1n) is 16.5. The molecule has 0 N–H and O–H groups in total. The van der Waals surface area contributed by atoms with Crippen LogP contribution in [0.15, 0.2) is 102 Å². The first-order valence-corrected chi connectivity index (χ1v) is 16.9. The number of carbonyl (C=O) groups excluding carboxylic acids is 4. The molecule has 8 heteroatoms. The van der Waals surface area contributed by atoms with Gasteiger partial charge in [0, 0.05) is 51.3 Å². The van der Waals surface area contributed by atoms with Gasteiger partial charge in [-0.2, -0.15) is 4.99 Å². The summed E-state index contributed by atoms with van der Waals surface area (Å²) in [6, 6.07) is 30.5. The SMILES string of the molecule is Cc1cc2c3c(ccc4c5c(N=C=S)cc6c7c(ccc(c1c34)c75)C(=O)N(CCc1ccccc1)C6=O)C(=O)N(CCc1ccccc1)C2=O. The number of thiocarbonyl (C=S) groups is 1. The highest BCUT2D eigenvalue weighted by Gasteiger charge is 2.38. The van der Waals surface area contributed by atoms with Gasteiger partial charge in [0.05, 0.1) is 16.4 Å². The summed E-state index contributed by atoms with van der Waals surface area (Å²) in [6.07, 6.45) is 1.07. The highest BCUT2D eigenvalue weighted by Crippen LogP contribution is 2.50. The maximum absolute atomic E-state index is 14.1. The Morgan fingerprint density at radius 1 is 0.540 bits per heavy atom. The van der Waals surface area contributed by atoms with E-state index >= 15 is 0 Å². The van der Waals surface area contributed by atoms with Gasteiger partial charge < -0.3 is 0 Å². The molecule has 50 heavy (non-hydrogen) atoms. The van der Waals surface area contributed by atoms with E-state index in [9.17, 15) is 19.2 Å². The number of imide groups is 2. The van der Waals surface area contributed by atoms with Crippen molar-refractivity contribution in [1.82, 2.24) is 9.80 Å². The fraction of sp³-hybridized carbons (Fsp3) is 0.119. The fourth-order valence-corrected chi connectivity index (χ4v) is 8.16. The van der Waals surface area contributed by atoms with Crippen LogP contribution in [-0.4, -0.2) is 51.7 Å². The second-order valence-electron chi connectivity index (χ2n) is 13.0. The number of aryl methyl sites for hydroxylation is 1. The Bertz CT molecular complexity index is 2700. The van der Waals surface area contributed by atoms with Crippen LogP contribution in [0, 0.1) is 6.92 Å². The minimum absolute atomic E-state index is 0.231. The van der Waals surface area contributed by atoms with Crippen molar-refractivity contribution in [3.63, 3.8) is 0 Å². The molecule has 240 valence electrons. The number of aliphatic imine (C=N–C) groups is 1. The zero-order valence-electron chi connectivity index (χ0n) is 26.9. The molecule has 0 fully saturated rings. The van der Waals surface area contributed by atoms with E-state index in [2.05, 4.69) is 10.2 Å². The first-order chi connectivity index (χ1) is 24.4. The van der Waals surface area contributed by atoms with Crippen LogP contribution in [0.1, 0.15) is 58.1 Å². The van der Waals surface area contributed by atoms with Crippen molar-refractivity contribution in [3.05, 3.63) is 136 Å². The van der Waals surface area contributed by atoms with Gasteiger partial charge in [0.25, 0.3) is 23.6 Å². The van der Waals surface area contributed by atoms with Crippen LogP contribution in [0.3, 0.4) is 0 Å². The Morgan fingerprint density at radius 3 is 1.52 bits per heavy atom. The van der Waals surface area contributed by atoms with Gasteiger partial charge in [-0.1, -0.05) is 72.8 Å². The van der Waals surface area contributed by atoms with Gasteiger partial charge in [-0.25, -0.2) is 0 Å². The average Bonchev–Trinajstić information content (AvgIpc) is 3.13. The maximum atomic E-state index is 14.1. The molecule has 0 unspecified atom stereocenters. The van der Waals surface area contributed by atoms with Crippen molar-refractivity contribution in [2.45, 2.75) is 19.8 Å². The molecule has 0 atom stereocenters. The number of hydrogen-bond donors (Lipinski definition) is 0. The molecule has 4 amide bonds. The van der Waals surface area contributed by atoms with E-state index in [0.717, 1.165) is 43.6 Å². The molecule has 2 heterocycles. The minimum Gasteiger partial charge on any atom is -0.274 e. The van der Waals surface area contributed by atoms with Crippen molar-refractivity contribution in [2.24, 2.45) is 4.99 Å². The van der Waals surface area contributed by atoms with Crippen molar-refractivity contribution in [1.29, 1.82) is 0 Å². The summed E-state index contributed by atoms with van der Waals surface area (Å²) in [5, 5.41) is 8.29. The smallest absolute Gasteiger partial charge is 0.261 e. The predicted octanol–water partition coefficient (Wildman–Crippen LogP) is 8.46. The Morgan fingerprint density at radius 2 is 1.00 bits per heavy atom. The Balaban J connectivity index is 1.27. The fourth-order valence-electron chi connectivity index (χ4n) is 8.06. The largest absolute Gasteiger partial charge is 0.274 e. The Kier molecular flexibility index (Phi) is 6.75. The molecular formula is C42H27N3O4S. The van der Waals surface area contributed by atoms with Crippen molar-refractivity contribution >= 4 is 89.8 Å². The standard InChI is InChI=1S/C42H27N3O4S/c1-23-20-30-34-28(39(46)44(41(30)48)18-16-24-8-4-2-5-9-24)15-13-27-36-32(43-22-50)21-31-35-29(14-12-26(38(35)36)33(23)37(27)34)40(47)45(42(31)49)19-17-25-10-6-3-7-11-25/h2-15,20-21H,16-19H2,1H3. The average molecular weight is 670 g/mol. The predicted molar refractivity (Wildman–Crippen MR) is 198 cm³/mol. The lowest BCUT2D eigenvalue weighted by molar-refractivity contribution is 0.0597. The molecule has 7 aromatic carbocycles. The summed E-state index contributed by atoms with van der Waals surface area (Å²) in [5.41, 5.74) is 5.10. The third-order valence-corrected chi connectivity index (χ3v) is 10.4. The number of carbonyl (C=O) groups is 4. The Labute approximate surface area is 291 Å². The highest BCUT2D eigenvalue weighted by molar-refractivity contribution is 7.78. The van der Waals surface area contributed by atoms with Crippen LogP contribution in [0.2, 0.25) is 0 Å².